The molecule has 5 N–H and O–H groups in total. The molecule has 0 bridgehead atoms. The molecule has 0 aliphatic heterocycles. The van der Waals surface area contributed by atoms with Gasteiger partial charge in [0.1, 0.15) is 6.04 Å². The van der Waals surface area contributed by atoms with Gasteiger partial charge in [0.15, 0.2) is 11.0 Å². The lowest BCUT2D eigenvalue weighted by molar-refractivity contribution is -0.126. The minimum absolute atomic E-state index is 0.210. The Balaban J connectivity index is 1.71. The average Bonchev–Trinajstić information content (AvgIpc) is 3.25. The van der Waals surface area contributed by atoms with Gasteiger partial charge in [-0.3, -0.25) is 4.79 Å². The summed E-state index contributed by atoms with van der Waals surface area (Å²) in [5.41, 5.74) is 8.09. The van der Waals surface area contributed by atoms with Crippen molar-refractivity contribution in [2.45, 2.75) is 49.5 Å². The van der Waals surface area contributed by atoms with E-state index in [1.165, 1.54) is 11.8 Å². The lowest BCUT2D eigenvalue weighted by Gasteiger charge is -2.24. The lowest BCUT2D eigenvalue weighted by atomic mass is 10.1. The highest BCUT2D eigenvalue weighted by molar-refractivity contribution is 7.98. The third kappa shape index (κ3) is 8.31. The fourth-order valence-corrected chi connectivity index (χ4v) is 4.38. The number of aromatic nitrogens is 3. The number of thioether (sulfide) groups is 1. The molecule has 0 radical (unpaired) electrons. The highest BCUT2D eigenvalue weighted by atomic mass is 32.2. The summed E-state index contributed by atoms with van der Waals surface area (Å²) in [5.74, 6) is 0.896. The molecule has 37 heavy (non-hydrogen) atoms. The molecule has 0 saturated heterocycles. The van der Waals surface area contributed by atoms with E-state index in [1.807, 2.05) is 66.2 Å². The van der Waals surface area contributed by atoms with E-state index >= 15 is 0 Å². The number of rotatable bonds is 12. The highest BCUT2D eigenvalue weighted by Crippen LogP contribution is 2.25. The van der Waals surface area contributed by atoms with Crippen LogP contribution in [0.4, 0.5) is 4.79 Å². The average molecular weight is 526 g/mol. The van der Waals surface area contributed by atoms with Crippen LogP contribution in [0.5, 0.6) is 0 Å². The fourth-order valence-electron chi connectivity index (χ4n) is 3.43. The number of nitrogens with two attached hydrogens (primary N) is 1. The van der Waals surface area contributed by atoms with Gasteiger partial charge >= 0.3 is 6.03 Å². The Morgan fingerprint density at radius 1 is 1.08 bits per heavy atom. The van der Waals surface area contributed by atoms with Gasteiger partial charge in [0.05, 0.1) is 18.8 Å². The standard InChI is InChI=1S/C26H35N7O3S/c1-26(2,27)23(34)30-21(16-36-15-18-10-6-5-7-11-18)22-31-32-25(33(22)4)37-17-20-13-9-8-12-19(20)14-29-24(35)28-3/h5-13,21H,14-17,27H2,1-4H3,(H,30,34)(H2,28,29,35)/t21-/m1/s1. The summed E-state index contributed by atoms with van der Waals surface area (Å²) >= 11 is 1.52. The lowest BCUT2D eigenvalue weighted by Crippen LogP contribution is -2.51. The van der Waals surface area contributed by atoms with Crippen molar-refractivity contribution in [2.75, 3.05) is 13.7 Å². The first-order valence-corrected chi connectivity index (χ1v) is 12.9. The Labute approximate surface area is 221 Å². The van der Waals surface area contributed by atoms with Gasteiger partial charge < -0.3 is 31.0 Å². The number of hydrogen-bond acceptors (Lipinski definition) is 7. The molecule has 2 aromatic carbocycles. The van der Waals surface area contributed by atoms with Crippen molar-refractivity contribution in [3.05, 3.63) is 77.1 Å². The summed E-state index contributed by atoms with van der Waals surface area (Å²) in [6, 6.07) is 17.0. The maximum Gasteiger partial charge on any atom is 0.314 e. The molecular formula is C26H35N7O3S. The van der Waals surface area contributed by atoms with E-state index in [9.17, 15) is 9.59 Å². The summed E-state index contributed by atoms with van der Waals surface area (Å²) in [5, 5.41) is 17.8. The quantitative estimate of drug-likeness (QED) is 0.267. The molecule has 0 saturated carbocycles. The van der Waals surface area contributed by atoms with Crippen LogP contribution in [-0.4, -0.2) is 45.9 Å². The molecule has 0 spiro atoms. The van der Waals surface area contributed by atoms with E-state index in [4.69, 9.17) is 10.5 Å². The largest absolute Gasteiger partial charge is 0.374 e. The number of benzene rings is 2. The van der Waals surface area contributed by atoms with Crippen molar-refractivity contribution < 1.29 is 14.3 Å². The number of carbonyl (C=O) groups excluding carboxylic acids is 2. The number of amides is 3. The Hall–Kier alpha value is -3.41. The van der Waals surface area contributed by atoms with Gasteiger partial charge in [-0.1, -0.05) is 66.4 Å². The summed E-state index contributed by atoms with van der Waals surface area (Å²) in [6.45, 7) is 4.33. The van der Waals surface area contributed by atoms with Crippen molar-refractivity contribution >= 4 is 23.7 Å². The number of hydrogen-bond donors (Lipinski definition) is 4. The summed E-state index contributed by atoms with van der Waals surface area (Å²) in [7, 11) is 3.44. The van der Waals surface area contributed by atoms with Gasteiger partial charge in [-0.15, -0.1) is 10.2 Å². The third-order valence-corrected chi connectivity index (χ3v) is 6.68. The number of nitrogens with zero attached hydrogens (tertiary/aromatic N) is 3. The number of nitrogens with one attached hydrogen (secondary N) is 3. The molecule has 3 aromatic rings. The van der Waals surface area contributed by atoms with Gasteiger partial charge in [-0.25, -0.2) is 4.79 Å². The second kappa shape index (κ2) is 13.2. The monoisotopic (exact) mass is 525 g/mol. The van der Waals surface area contributed by atoms with E-state index in [1.54, 1.807) is 20.9 Å². The van der Waals surface area contributed by atoms with Gasteiger partial charge in [-0.2, -0.15) is 0 Å². The van der Waals surface area contributed by atoms with Crippen molar-refractivity contribution in [1.82, 2.24) is 30.7 Å². The molecule has 1 atom stereocenters. The first-order valence-electron chi connectivity index (χ1n) is 11.9. The van der Waals surface area contributed by atoms with Crippen molar-refractivity contribution in [2.24, 2.45) is 12.8 Å². The molecule has 1 heterocycles. The van der Waals surface area contributed by atoms with Crippen LogP contribution < -0.4 is 21.7 Å². The van der Waals surface area contributed by atoms with E-state index in [0.717, 1.165) is 16.7 Å². The molecule has 0 unspecified atom stereocenters. The van der Waals surface area contributed by atoms with Crippen LogP contribution in [-0.2, 0) is 35.5 Å². The predicted octanol–water partition coefficient (Wildman–Crippen LogP) is 2.65. The summed E-state index contributed by atoms with van der Waals surface area (Å²) in [4.78, 5) is 24.3. The molecule has 11 heteroatoms. The first kappa shape index (κ1) is 28.2. The molecule has 3 rings (SSSR count). The predicted molar refractivity (Wildman–Crippen MR) is 144 cm³/mol. The summed E-state index contributed by atoms with van der Waals surface area (Å²) < 4.78 is 7.79. The number of ether oxygens (including phenoxy) is 1. The second-order valence-electron chi connectivity index (χ2n) is 9.14. The van der Waals surface area contributed by atoms with Crippen LogP contribution >= 0.6 is 11.8 Å². The molecule has 3 amide bonds. The minimum atomic E-state index is -1.06. The van der Waals surface area contributed by atoms with Gasteiger partial charge in [0.2, 0.25) is 5.91 Å². The normalized spacial score (nSPS) is 12.1. The van der Waals surface area contributed by atoms with E-state index in [-0.39, 0.29) is 18.5 Å². The van der Waals surface area contributed by atoms with Crippen molar-refractivity contribution in [3.8, 4) is 0 Å². The van der Waals surface area contributed by atoms with Gasteiger partial charge in [0.25, 0.3) is 0 Å². The van der Waals surface area contributed by atoms with Crippen molar-refractivity contribution in [1.29, 1.82) is 0 Å². The Morgan fingerprint density at radius 2 is 1.76 bits per heavy atom. The topological polar surface area (TPSA) is 136 Å². The Bertz CT molecular complexity index is 1180. The smallest absolute Gasteiger partial charge is 0.314 e. The van der Waals surface area contributed by atoms with E-state index in [2.05, 4.69) is 26.1 Å². The number of urea groups is 1. The fraction of sp³-hybridized carbons (Fsp3) is 0.385. The molecular weight excluding hydrogens is 490 g/mol. The van der Waals surface area contributed by atoms with Crippen molar-refractivity contribution in [3.63, 3.8) is 0 Å². The minimum Gasteiger partial charge on any atom is -0.374 e. The Kier molecular flexibility index (Phi) is 10.1. The molecule has 1 aromatic heterocycles. The first-order chi connectivity index (χ1) is 17.7. The van der Waals surface area contributed by atoms with Crippen LogP contribution in [0, 0.1) is 0 Å². The third-order valence-electron chi connectivity index (χ3n) is 5.61. The van der Waals surface area contributed by atoms with Crippen LogP contribution in [0.2, 0.25) is 0 Å². The maximum atomic E-state index is 12.7. The maximum absolute atomic E-state index is 12.7. The summed E-state index contributed by atoms with van der Waals surface area (Å²) in [6.07, 6.45) is 0. The van der Waals surface area contributed by atoms with E-state index in [0.29, 0.717) is 29.9 Å². The zero-order valence-electron chi connectivity index (χ0n) is 21.7. The second-order valence-corrected chi connectivity index (χ2v) is 10.1. The molecule has 0 aliphatic carbocycles. The zero-order chi connectivity index (χ0) is 26.8. The van der Waals surface area contributed by atoms with Crippen LogP contribution in [0.25, 0.3) is 0 Å². The zero-order valence-corrected chi connectivity index (χ0v) is 22.5. The van der Waals surface area contributed by atoms with Crippen LogP contribution in [0.1, 0.15) is 42.4 Å². The van der Waals surface area contributed by atoms with E-state index < -0.39 is 11.6 Å². The van der Waals surface area contributed by atoms with Crippen LogP contribution in [0.15, 0.2) is 59.8 Å². The molecule has 0 fully saturated rings. The van der Waals surface area contributed by atoms with Crippen LogP contribution in [0.3, 0.4) is 0 Å². The number of carbonyl (C=O) groups is 2. The molecule has 198 valence electrons. The molecule has 10 nitrogen and oxygen atoms in total. The SMILES string of the molecule is CNC(=O)NCc1ccccc1CSc1nnc([C@@H](COCc2ccccc2)NC(=O)C(C)(C)N)n1C. The molecule has 0 aliphatic rings. The van der Waals surface area contributed by atoms with Gasteiger partial charge in [-0.05, 0) is 30.5 Å². The highest BCUT2D eigenvalue weighted by Gasteiger charge is 2.28. The Morgan fingerprint density at radius 3 is 2.43 bits per heavy atom. The van der Waals surface area contributed by atoms with Gasteiger partial charge in [0, 0.05) is 26.4 Å².